The van der Waals surface area contributed by atoms with E-state index in [2.05, 4.69) is 4.99 Å². The van der Waals surface area contributed by atoms with Gasteiger partial charge in [0.2, 0.25) is 0 Å². The lowest BCUT2D eigenvalue weighted by Gasteiger charge is -2.06. The molecular weight excluding hydrogens is 192 g/mol. The first-order valence-corrected chi connectivity index (χ1v) is 4.86. The Balaban J connectivity index is 2.95. The Labute approximate surface area is 89.4 Å². The van der Waals surface area contributed by atoms with Gasteiger partial charge in [-0.05, 0) is 24.6 Å². The molecular formula is C11H16N2O2. The van der Waals surface area contributed by atoms with Crippen LogP contribution in [0.2, 0.25) is 0 Å². The van der Waals surface area contributed by atoms with Crippen molar-refractivity contribution in [1.29, 1.82) is 0 Å². The van der Waals surface area contributed by atoms with Gasteiger partial charge in [0.25, 0.3) is 0 Å². The molecule has 0 amide bonds. The molecule has 0 aliphatic rings. The van der Waals surface area contributed by atoms with Crippen molar-refractivity contribution in [2.45, 2.75) is 13.3 Å². The maximum atomic E-state index is 9.39. The number of ether oxygens (including phenoxy) is 1. The van der Waals surface area contributed by atoms with E-state index in [9.17, 15) is 5.11 Å². The van der Waals surface area contributed by atoms with Crippen LogP contribution in [-0.2, 0) is 0 Å². The minimum Gasteiger partial charge on any atom is -0.504 e. The summed E-state index contributed by atoms with van der Waals surface area (Å²) in [5.41, 5.74) is 6.53. The summed E-state index contributed by atoms with van der Waals surface area (Å²) in [7, 11) is 1.50. The zero-order chi connectivity index (χ0) is 11.3. The van der Waals surface area contributed by atoms with Crippen LogP contribution in [0.3, 0.4) is 0 Å². The quantitative estimate of drug-likeness (QED) is 0.582. The number of phenols is 1. The third-order valence-electron chi connectivity index (χ3n) is 1.98. The van der Waals surface area contributed by atoms with Crippen LogP contribution >= 0.6 is 0 Å². The van der Waals surface area contributed by atoms with Gasteiger partial charge < -0.3 is 15.6 Å². The Bertz CT molecular complexity index is 362. The van der Waals surface area contributed by atoms with Gasteiger partial charge >= 0.3 is 0 Å². The normalized spacial score (nSPS) is 11.5. The van der Waals surface area contributed by atoms with Crippen molar-refractivity contribution in [3.05, 3.63) is 23.8 Å². The minimum absolute atomic E-state index is 0.101. The van der Waals surface area contributed by atoms with Crippen molar-refractivity contribution in [3.63, 3.8) is 0 Å². The van der Waals surface area contributed by atoms with E-state index in [1.54, 1.807) is 18.2 Å². The molecule has 0 saturated heterocycles. The van der Waals surface area contributed by atoms with Crippen molar-refractivity contribution in [3.8, 4) is 11.5 Å². The summed E-state index contributed by atoms with van der Waals surface area (Å²) in [6.45, 7) is 2.74. The molecule has 0 aromatic heterocycles. The molecule has 0 aliphatic heterocycles. The van der Waals surface area contributed by atoms with Gasteiger partial charge in [-0.3, -0.25) is 4.99 Å². The molecule has 0 bridgehead atoms. The molecule has 0 aliphatic carbocycles. The average Bonchev–Trinajstić information content (AvgIpc) is 2.26. The van der Waals surface area contributed by atoms with Gasteiger partial charge in [-0.2, -0.15) is 0 Å². The van der Waals surface area contributed by atoms with E-state index < -0.39 is 0 Å². The van der Waals surface area contributed by atoms with Gasteiger partial charge in [-0.1, -0.05) is 6.92 Å². The number of aromatic hydroxyl groups is 1. The van der Waals surface area contributed by atoms with Gasteiger partial charge in [0.1, 0.15) is 5.84 Å². The van der Waals surface area contributed by atoms with Gasteiger partial charge in [0.15, 0.2) is 11.5 Å². The summed E-state index contributed by atoms with van der Waals surface area (Å²) in [6.07, 6.45) is 0.954. The highest BCUT2D eigenvalue weighted by atomic mass is 16.5. The van der Waals surface area contributed by atoms with E-state index in [1.807, 2.05) is 6.92 Å². The molecule has 0 fully saturated rings. The second-order valence-electron chi connectivity index (χ2n) is 3.15. The lowest BCUT2D eigenvalue weighted by Crippen LogP contribution is -2.13. The van der Waals surface area contributed by atoms with Crippen LogP contribution in [0.15, 0.2) is 23.2 Å². The molecule has 15 heavy (non-hydrogen) atoms. The van der Waals surface area contributed by atoms with Crippen LogP contribution in [0, 0.1) is 0 Å². The van der Waals surface area contributed by atoms with Crippen LogP contribution in [-0.4, -0.2) is 24.6 Å². The fourth-order valence-corrected chi connectivity index (χ4v) is 1.16. The largest absolute Gasteiger partial charge is 0.504 e. The molecule has 0 saturated carbocycles. The number of rotatable bonds is 4. The lowest BCUT2D eigenvalue weighted by atomic mass is 10.2. The van der Waals surface area contributed by atoms with E-state index in [0.29, 0.717) is 18.1 Å². The Hall–Kier alpha value is -1.71. The molecule has 4 nitrogen and oxygen atoms in total. The molecule has 0 heterocycles. The van der Waals surface area contributed by atoms with E-state index in [1.165, 1.54) is 7.11 Å². The molecule has 0 unspecified atom stereocenters. The van der Waals surface area contributed by atoms with Crippen molar-refractivity contribution in [2.75, 3.05) is 13.7 Å². The number of nitrogens with zero attached hydrogens (tertiary/aromatic N) is 1. The first-order valence-electron chi connectivity index (χ1n) is 4.86. The second-order valence-corrected chi connectivity index (χ2v) is 3.15. The van der Waals surface area contributed by atoms with Crippen molar-refractivity contribution < 1.29 is 9.84 Å². The average molecular weight is 208 g/mol. The maximum Gasteiger partial charge on any atom is 0.161 e. The molecule has 82 valence electrons. The molecule has 0 radical (unpaired) electrons. The maximum absolute atomic E-state index is 9.39. The Kier molecular flexibility index (Phi) is 3.97. The van der Waals surface area contributed by atoms with Gasteiger partial charge in [0, 0.05) is 12.1 Å². The Morgan fingerprint density at radius 3 is 2.87 bits per heavy atom. The number of hydrogen-bond donors (Lipinski definition) is 2. The second kappa shape index (κ2) is 5.24. The molecule has 1 rings (SSSR count). The molecule has 1 aromatic carbocycles. The summed E-state index contributed by atoms with van der Waals surface area (Å²) in [5, 5.41) is 9.39. The highest BCUT2D eigenvalue weighted by Gasteiger charge is 2.04. The van der Waals surface area contributed by atoms with Crippen LogP contribution in [0.5, 0.6) is 11.5 Å². The number of methoxy groups -OCH3 is 1. The predicted octanol–water partition coefficient (Wildman–Crippen LogP) is 1.52. The Morgan fingerprint density at radius 2 is 2.27 bits per heavy atom. The molecule has 1 aromatic rings. The third-order valence-corrected chi connectivity index (χ3v) is 1.98. The topological polar surface area (TPSA) is 67.8 Å². The third kappa shape index (κ3) is 2.87. The van der Waals surface area contributed by atoms with Crippen molar-refractivity contribution >= 4 is 5.84 Å². The molecule has 4 heteroatoms. The van der Waals surface area contributed by atoms with Crippen LogP contribution in [0.1, 0.15) is 18.9 Å². The Morgan fingerprint density at radius 1 is 1.53 bits per heavy atom. The zero-order valence-corrected chi connectivity index (χ0v) is 9.03. The highest BCUT2D eigenvalue weighted by Crippen LogP contribution is 2.25. The summed E-state index contributed by atoms with van der Waals surface area (Å²) in [5.74, 6) is 0.974. The molecule has 3 N–H and O–H groups in total. The van der Waals surface area contributed by atoms with Crippen LogP contribution in [0.4, 0.5) is 0 Å². The lowest BCUT2D eigenvalue weighted by molar-refractivity contribution is 0.373. The first-order chi connectivity index (χ1) is 7.19. The van der Waals surface area contributed by atoms with Gasteiger partial charge in [0.05, 0.1) is 7.11 Å². The first kappa shape index (κ1) is 11.4. The van der Waals surface area contributed by atoms with Crippen molar-refractivity contribution in [2.24, 2.45) is 10.7 Å². The molecule has 0 spiro atoms. The minimum atomic E-state index is 0.101. The van der Waals surface area contributed by atoms with Crippen LogP contribution < -0.4 is 10.5 Å². The fourth-order valence-electron chi connectivity index (χ4n) is 1.16. The van der Waals surface area contributed by atoms with E-state index in [0.717, 1.165) is 12.0 Å². The number of benzene rings is 1. The van der Waals surface area contributed by atoms with Crippen LogP contribution in [0.25, 0.3) is 0 Å². The standard InChI is InChI=1S/C11H16N2O2/c1-3-6-13-11(12)8-4-5-9(14)10(7-8)15-2/h4-5,7,14H,3,6H2,1-2H3,(H2,12,13). The summed E-state index contributed by atoms with van der Waals surface area (Å²) in [4.78, 5) is 4.18. The van der Waals surface area contributed by atoms with E-state index in [4.69, 9.17) is 10.5 Å². The summed E-state index contributed by atoms with van der Waals surface area (Å²) >= 11 is 0. The number of phenolic OH excluding ortho intramolecular Hbond substituents is 1. The van der Waals surface area contributed by atoms with E-state index in [-0.39, 0.29) is 5.75 Å². The number of hydrogen-bond acceptors (Lipinski definition) is 3. The number of aliphatic imine (C=N–C) groups is 1. The predicted molar refractivity (Wildman–Crippen MR) is 60.5 cm³/mol. The summed E-state index contributed by atoms with van der Waals surface area (Å²) < 4.78 is 4.98. The monoisotopic (exact) mass is 208 g/mol. The van der Waals surface area contributed by atoms with Crippen molar-refractivity contribution in [1.82, 2.24) is 0 Å². The van der Waals surface area contributed by atoms with E-state index >= 15 is 0 Å². The van der Waals surface area contributed by atoms with Gasteiger partial charge in [-0.15, -0.1) is 0 Å². The number of nitrogens with two attached hydrogens (primary N) is 1. The summed E-state index contributed by atoms with van der Waals surface area (Å²) in [6, 6.07) is 4.93. The molecule has 0 atom stereocenters. The fraction of sp³-hybridized carbons (Fsp3) is 0.364. The SMILES string of the molecule is CCCN=C(N)c1ccc(O)c(OC)c1. The van der Waals surface area contributed by atoms with Gasteiger partial charge in [-0.25, -0.2) is 0 Å². The highest BCUT2D eigenvalue weighted by molar-refractivity contribution is 5.98. The zero-order valence-electron chi connectivity index (χ0n) is 9.03. The number of amidine groups is 1. The smallest absolute Gasteiger partial charge is 0.161 e.